The van der Waals surface area contributed by atoms with Crippen LogP contribution >= 0.6 is 0 Å². The number of hydrogen-bond acceptors (Lipinski definition) is 1. The quantitative estimate of drug-likeness (QED) is 0.469. The zero-order valence-corrected chi connectivity index (χ0v) is 7.45. The summed E-state index contributed by atoms with van der Waals surface area (Å²) in [6, 6.07) is 1.63. The summed E-state index contributed by atoms with van der Waals surface area (Å²) >= 11 is 0. The van der Waals surface area contributed by atoms with Gasteiger partial charge in [0.15, 0.2) is 0 Å². The van der Waals surface area contributed by atoms with Crippen LogP contribution in [0.4, 0.5) is 0 Å². The van der Waals surface area contributed by atoms with Gasteiger partial charge in [0, 0.05) is 0 Å². The molecular weight excluding hydrogens is 136 g/mol. The highest BCUT2D eigenvalue weighted by atomic mass is 15.3. The Bertz CT molecular complexity index is 186. The molecule has 0 radical (unpaired) electrons. The van der Waals surface area contributed by atoms with Gasteiger partial charge in [-0.2, -0.15) is 0 Å². The fourth-order valence-electron chi connectivity index (χ4n) is 2.50. The van der Waals surface area contributed by atoms with Crippen LogP contribution in [0.1, 0.15) is 25.7 Å². The van der Waals surface area contributed by atoms with Gasteiger partial charge in [0.25, 0.3) is 0 Å². The number of likely N-dealkylation sites (N-methyl/N-ethyl adjacent to an activating group) is 2. The fraction of sp³-hybridized carbons (Fsp3) is 0.889. The smallest absolute Gasteiger partial charge is 0.234 e. The van der Waals surface area contributed by atoms with Gasteiger partial charge in [0.1, 0.15) is 12.1 Å². The lowest BCUT2D eigenvalue weighted by molar-refractivity contribution is -0.530. The van der Waals surface area contributed by atoms with Crippen molar-refractivity contribution < 1.29 is 4.58 Å². The van der Waals surface area contributed by atoms with Gasteiger partial charge in [-0.3, -0.25) is 9.48 Å². The number of nitrogens with zero attached hydrogens (tertiary/aromatic N) is 2. The molecule has 62 valence electrons. The highest BCUT2D eigenvalue weighted by molar-refractivity contribution is 5.51. The van der Waals surface area contributed by atoms with Crippen molar-refractivity contribution in [2.24, 2.45) is 0 Å². The minimum atomic E-state index is 0.814. The molecule has 2 aliphatic rings. The molecule has 1 aliphatic carbocycles. The van der Waals surface area contributed by atoms with E-state index >= 15 is 0 Å². The van der Waals surface area contributed by atoms with E-state index in [1.165, 1.54) is 25.7 Å². The third kappa shape index (κ3) is 1.05. The van der Waals surface area contributed by atoms with Crippen molar-refractivity contribution in [2.75, 3.05) is 14.1 Å². The van der Waals surface area contributed by atoms with Gasteiger partial charge in [-0.05, 0) is 25.7 Å². The number of fused-ring (bicyclic) bond motifs is 1. The largest absolute Gasteiger partial charge is 0.264 e. The average Bonchev–Trinajstić information content (AvgIpc) is 2.30. The second-order valence-corrected chi connectivity index (χ2v) is 3.87. The predicted octanol–water partition coefficient (Wildman–Crippen LogP) is 0.914. The lowest BCUT2D eigenvalue weighted by atomic mass is 9.90. The molecule has 0 aromatic carbocycles. The average molecular weight is 153 g/mol. The van der Waals surface area contributed by atoms with Gasteiger partial charge in [0.2, 0.25) is 6.34 Å². The Labute approximate surface area is 68.5 Å². The SMILES string of the molecule is CN1C=[N+](C)[C@@H]2CCCC[C@H]21. The van der Waals surface area contributed by atoms with Gasteiger partial charge < -0.3 is 0 Å². The molecule has 1 aliphatic heterocycles. The topological polar surface area (TPSA) is 6.25 Å². The lowest BCUT2D eigenvalue weighted by Gasteiger charge is -2.24. The molecule has 0 amide bonds. The van der Waals surface area contributed by atoms with Gasteiger partial charge in [-0.15, -0.1) is 0 Å². The van der Waals surface area contributed by atoms with Crippen molar-refractivity contribution >= 4 is 6.34 Å². The van der Waals surface area contributed by atoms with Crippen LogP contribution in [0.5, 0.6) is 0 Å². The molecule has 0 bridgehead atoms. The Kier molecular flexibility index (Phi) is 1.63. The maximum atomic E-state index is 2.38. The summed E-state index contributed by atoms with van der Waals surface area (Å²) < 4.78 is 2.38. The molecule has 1 heterocycles. The van der Waals surface area contributed by atoms with E-state index in [0.29, 0.717) is 0 Å². The second kappa shape index (κ2) is 2.50. The Morgan fingerprint density at radius 1 is 1.36 bits per heavy atom. The van der Waals surface area contributed by atoms with Crippen LogP contribution in [-0.4, -0.2) is 42.0 Å². The summed E-state index contributed by atoms with van der Waals surface area (Å²) in [7, 11) is 4.40. The monoisotopic (exact) mass is 153 g/mol. The van der Waals surface area contributed by atoms with E-state index in [9.17, 15) is 0 Å². The third-order valence-corrected chi connectivity index (χ3v) is 3.10. The Hall–Kier alpha value is -0.530. The predicted molar refractivity (Wildman–Crippen MR) is 46.1 cm³/mol. The Morgan fingerprint density at radius 3 is 2.82 bits per heavy atom. The molecule has 11 heavy (non-hydrogen) atoms. The minimum Gasteiger partial charge on any atom is -0.264 e. The molecule has 2 heteroatoms. The van der Waals surface area contributed by atoms with Gasteiger partial charge in [-0.25, -0.2) is 0 Å². The van der Waals surface area contributed by atoms with Crippen molar-refractivity contribution in [3.05, 3.63) is 0 Å². The van der Waals surface area contributed by atoms with E-state index in [0.717, 1.165) is 12.1 Å². The summed E-state index contributed by atoms with van der Waals surface area (Å²) in [5.74, 6) is 0. The van der Waals surface area contributed by atoms with Crippen LogP contribution in [0.15, 0.2) is 0 Å². The molecule has 2 nitrogen and oxygen atoms in total. The van der Waals surface area contributed by atoms with Crippen LogP contribution in [0.2, 0.25) is 0 Å². The van der Waals surface area contributed by atoms with Crippen molar-refractivity contribution in [2.45, 2.75) is 37.8 Å². The van der Waals surface area contributed by atoms with Crippen LogP contribution in [0.25, 0.3) is 0 Å². The first kappa shape index (κ1) is 7.14. The van der Waals surface area contributed by atoms with Crippen LogP contribution in [-0.2, 0) is 0 Å². The lowest BCUT2D eigenvalue weighted by Crippen LogP contribution is -2.38. The van der Waals surface area contributed by atoms with Crippen molar-refractivity contribution in [3.8, 4) is 0 Å². The minimum absolute atomic E-state index is 0.814. The first-order valence-corrected chi connectivity index (χ1v) is 4.58. The highest BCUT2D eigenvalue weighted by Gasteiger charge is 2.39. The number of hydrogen-bond donors (Lipinski definition) is 0. The van der Waals surface area contributed by atoms with E-state index in [-0.39, 0.29) is 0 Å². The standard InChI is InChI=1S/C9H17N2/c1-10-7-11(2)9-6-4-3-5-8(9)10/h7-9H,3-6H2,1-2H3/q+1/t8-,9-/m1/s1. The van der Waals surface area contributed by atoms with E-state index < -0.39 is 0 Å². The molecule has 2 atom stereocenters. The molecule has 0 N–H and O–H groups in total. The normalized spacial score (nSPS) is 36.9. The van der Waals surface area contributed by atoms with E-state index in [1.54, 1.807) is 0 Å². The number of rotatable bonds is 0. The first-order chi connectivity index (χ1) is 5.29. The van der Waals surface area contributed by atoms with Crippen LogP contribution in [0.3, 0.4) is 0 Å². The van der Waals surface area contributed by atoms with E-state index in [2.05, 4.69) is 29.9 Å². The maximum Gasteiger partial charge on any atom is 0.234 e. The summed E-state index contributed by atoms with van der Waals surface area (Å²) in [6.45, 7) is 0. The molecule has 2 rings (SSSR count). The van der Waals surface area contributed by atoms with Gasteiger partial charge in [-0.1, -0.05) is 0 Å². The molecule has 0 aromatic rings. The molecule has 0 unspecified atom stereocenters. The Balaban J connectivity index is 2.14. The van der Waals surface area contributed by atoms with E-state index in [4.69, 9.17) is 0 Å². The zero-order chi connectivity index (χ0) is 7.84. The second-order valence-electron chi connectivity index (χ2n) is 3.87. The molecular formula is C9H17N2+. The summed E-state index contributed by atoms with van der Waals surface area (Å²) in [5.41, 5.74) is 0. The first-order valence-electron chi connectivity index (χ1n) is 4.58. The summed E-state index contributed by atoms with van der Waals surface area (Å²) in [5, 5.41) is 0. The van der Waals surface area contributed by atoms with Crippen LogP contribution < -0.4 is 0 Å². The molecule has 1 fully saturated rings. The summed E-state index contributed by atoms with van der Waals surface area (Å²) in [6.07, 6.45) is 7.88. The third-order valence-electron chi connectivity index (χ3n) is 3.10. The van der Waals surface area contributed by atoms with Crippen molar-refractivity contribution in [3.63, 3.8) is 0 Å². The summed E-state index contributed by atoms with van der Waals surface area (Å²) in [4.78, 5) is 2.38. The van der Waals surface area contributed by atoms with Gasteiger partial charge >= 0.3 is 0 Å². The fourth-order valence-corrected chi connectivity index (χ4v) is 2.50. The van der Waals surface area contributed by atoms with E-state index in [1.807, 2.05) is 0 Å². The molecule has 0 saturated heterocycles. The molecule has 0 spiro atoms. The zero-order valence-electron chi connectivity index (χ0n) is 7.45. The maximum absolute atomic E-state index is 2.38. The molecule has 0 aromatic heterocycles. The van der Waals surface area contributed by atoms with Crippen LogP contribution in [0, 0.1) is 0 Å². The Morgan fingerprint density at radius 2 is 2.09 bits per heavy atom. The van der Waals surface area contributed by atoms with Crippen molar-refractivity contribution in [1.82, 2.24) is 4.90 Å². The van der Waals surface area contributed by atoms with Crippen molar-refractivity contribution in [1.29, 1.82) is 0 Å². The molecule has 1 saturated carbocycles. The highest BCUT2D eigenvalue weighted by Crippen LogP contribution is 2.26. The van der Waals surface area contributed by atoms with Gasteiger partial charge in [0.05, 0.1) is 14.1 Å².